The number of sulfonamides is 1. The molecule has 2 fully saturated rings. The molecule has 1 N–H and O–H groups in total. The maximum absolute atomic E-state index is 13.2. The third kappa shape index (κ3) is 4.68. The fourth-order valence-corrected chi connectivity index (χ4v) is 5.64. The van der Waals surface area contributed by atoms with Crippen molar-refractivity contribution in [3.8, 4) is 11.5 Å². The number of methoxy groups -OCH3 is 2. The minimum atomic E-state index is -3.79. The first-order valence-corrected chi connectivity index (χ1v) is 12.2. The van der Waals surface area contributed by atoms with Crippen LogP contribution in [0.5, 0.6) is 11.5 Å². The van der Waals surface area contributed by atoms with Crippen molar-refractivity contribution in [1.29, 1.82) is 0 Å². The van der Waals surface area contributed by atoms with Crippen molar-refractivity contribution in [2.45, 2.75) is 23.8 Å². The van der Waals surface area contributed by atoms with Crippen molar-refractivity contribution in [3.05, 3.63) is 54.1 Å². The van der Waals surface area contributed by atoms with E-state index in [-0.39, 0.29) is 35.8 Å². The molecule has 1 heterocycles. The number of hydrogen-bond acceptors (Lipinski definition) is 5. The predicted molar refractivity (Wildman–Crippen MR) is 120 cm³/mol. The fraction of sp³-hybridized carbons (Fsp3) is 0.435. The summed E-state index contributed by atoms with van der Waals surface area (Å²) in [5.41, 5.74) is 1.11. The minimum Gasteiger partial charge on any atom is -0.497 e. The molecule has 172 valence electrons. The number of urea groups is 1. The van der Waals surface area contributed by atoms with Gasteiger partial charge >= 0.3 is 6.03 Å². The Hall–Kier alpha value is -2.78. The van der Waals surface area contributed by atoms with E-state index in [0.717, 1.165) is 18.4 Å². The Labute approximate surface area is 189 Å². The van der Waals surface area contributed by atoms with Gasteiger partial charge in [0.25, 0.3) is 0 Å². The van der Waals surface area contributed by atoms with Crippen molar-refractivity contribution < 1.29 is 22.7 Å². The Balaban J connectivity index is 1.42. The van der Waals surface area contributed by atoms with E-state index in [1.54, 1.807) is 17.0 Å². The van der Waals surface area contributed by atoms with Gasteiger partial charge in [-0.25, -0.2) is 13.2 Å². The molecule has 0 aromatic heterocycles. The van der Waals surface area contributed by atoms with E-state index in [1.807, 2.05) is 30.3 Å². The lowest BCUT2D eigenvalue weighted by atomic mass is 10.0. The van der Waals surface area contributed by atoms with Crippen LogP contribution in [0.2, 0.25) is 0 Å². The second-order valence-electron chi connectivity index (χ2n) is 8.08. The monoisotopic (exact) mass is 459 g/mol. The summed E-state index contributed by atoms with van der Waals surface area (Å²) in [7, 11) is -0.863. The smallest absolute Gasteiger partial charge is 0.317 e. The Bertz CT molecular complexity index is 1050. The molecule has 9 heteroatoms. The molecule has 2 aromatic rings. The number of hydrogen-bond donors (Lipinski definition) is 1. The summed E-state index contributed by atoms with van der Waals surface area (Å²) in [6, 6.07) is 14.5. The molecule has 0 spiro atoms. The van der Waals surface area contributed by atoms with Gasteiger partial charge in [-0.05, 0) is 36.5 Å². The number of carbonyl (C=O) groups is 1. The van der Waals surface area contributed by atoms with Crippen LogP contribution in [0, 0.1) is 5.92 Å². The van der Waals surface area contributed by atoms with E-state index in [4.69, 9.17) is 9.47 Å². The van der Waals surface area contributed by atoms with Gasteiger partial charge in [0.2, 0.25) is 10.0 Å². The van der Waals surface area contributed by atoms with Crippen molar-refractivity contribution in [2.75, 3.05) is 40.4 Å². The standard InChI is InChI=1S/C23H29N3O5S/c1-30-19-10-11-20(31-2)21(16-19)32(28,29)26-14-12-25(13-15-26)23(27)24-22(18-8-9-18)17-6-4-3-5-7-17/h3-7,10-11,16,18,22H,8-9,12-15H2,1-2H3,(H,24,27)/t22-/m1/s1. The molecule has 32 heavy (non-hydrogen) atoms. The van der Waals surface area contributed by atoms with E-state index in [2.05, 4.69) is 5.32 Å². The average molecular weight is 460 g/mol. The lowest BCUT2D eigenvalue weighted by Gasteiger charge is -2.35. The summed E-state index contributed by atoms with van der Waals surface area (Å²) in [6.45, 7) is 1.08. The Morgan fingerprint density at radius 2 is 1.69 bits per heavy atom. The molecule has 8 nitrogen and oxygen atoms in total. The quantitative estimate of drug-likeness (QED) is 0.688. The molecule has 2 amide bonds. The van der Waals surface area contributed by atoms with Crippen LogP contribution in [-0.2, 0) is 10.0 Å². The van der Waals surface area contributed by atoms with Gasteiger partial charge in [0, 0.05) is 32.2 Å². The summed E-state index contributed by atoms with van der Waals surface area (Å²) in [5, 5.41) is 3.17. The Morgan fingerprint density at radius 3 is 2.28 bits per heavy atom. The van der Waals surface area contributed by atoms with Crippen molar-refractivity contribution in [1.82, 2.24) is 14.5 Å². The molecule has 4 rings (SSSR count). The van der Waals surface area contributed by atoms with Crippen LogP contribution >= 0.6 is 0 Å². The Kier molecular flexibility index (Phi) is 6.57. The normalized spacial score (nSPS) is 18.1. The summed E-state index contributed by atoms with van der Waals surface area (Å²) in [5.74, 6) is 1.17. The van der Waals surface area contributed by atoms with Crippen molar-refractivity contribution in [3.63, 3.8) is 0 Å². The molecule has 1 saturated carbocycles. The van der Waals surface area contributed by atoms with Crippen molar-refractivity contribution >= 4 is 16.1 Å². The number of nitrogens with one attached hydrogen (secondary N) is 1. The first-order valence-electron chi connectivity index (χ1n) is 10.8. The molecule has 0 unspecified atom stereocenters. The second kappa shape index (κ2) is 9.38. The zero-order chi connectivity index (χ0) is 22.7. The summed E-state index contributed by atoms with van der Waals surface area (Å²) < 4.78 is 38.3. The van der Waals surface area contributed by atoms with E-state index in [1.165, 1.54) is 24.6 Å². The zero-order valence-electron chi connectivity index (χ0n) is 18.4. The molecule has 1 saturated heterocycles. The molecule has 2 aliphatic rings. The van der Waals surface area contributed by atoms with Gasteiger partial charge in [-0.3, -0.25) is 0 Å². The zero-order valence-corrected chi connectivity index (χ0v) is 19.2. The fourth-order valence-electron chi connectivity index (χ4n) is 4.04. The average Bonchev–Trinajstić information content (AvgIpc) is 3.68. The molecular weight excluding hydrogens is 430 g/mol. The van der Waals surface area contributed by atoms with Gasteiger partial charge in [0.1, 0.15) is 16.4 Å². The van der Waals surface area contributed by atoms with E-state index in [9.17, 15) is 13.2 Å². The van der Waals surface area contributed by atoms with Gasteiger partial charge in [-0.1, -0.05) is 30.3 Å². The van der Waals surface area contributed by atoms with E-state index >= 15 is 0 Å². The van der Waals surface area contributed by atoms with Crippen LogP contribution in [0.4, 0.5) is 4.79 Å². The first kappa shape index (κ1) is 22.4. The topological polar surface area (TPSA) is 88.2 Å². The van der Waals surface area contributed by atoms with E-state index in [0.29, 0.717) is 24.8 Å². The van der Waals surface area contributed by atoms with Crippen LogP contribution in [0.25, 0.3) is 0 Å². The predicted octanol–water partition coefficient (Wildman–Crippen LogP) is 2.87. The van der Waals surface area contributed by atoms with Crippen molar-refractivity contribution in [2.24, 2.45) is 5.92 Å². The number of ether oxygens (including phenoxy) is 2. The van der Waals surface area contributed by atoms with Crippen LogP contribution in [0.3, 0.4) is 0 Å². The van der Waals surface area contributed by atoms with Gasteiger partial charge in [0.15, 0.2) is 0 Å². The lowest BCUT2D eigenvalue weighted by Crippen LogP contribution is -2.53. The highest BCUT2D eigenvalue weighted by Crippen LogP contribution is 2.41. The number of piperazine rings is 1. The van der Waals surface area contributed by atoms with Gasteiger partial charge in [-0.2, -0.15) is 4.31 Å². The van der Waals surface area contributed by atoms with Crippen LogP contribution < -0.4 is 14.8 Å². The Morgan fingerprint density at radius 1 is 1.00 bits per heavy atom. The van der Waals surface area contributed by atoms with Crippen LogP contribution in [-0.4, -0.2) is 64.1 Å². The summed E-state index contributed by atoms with van der Waals surface area (Å²) in [6.07, 6.45) is 2.21. The summed E-state index contributed by atoms with van der Waals surface area (Å²) >= 11 is 0. The highest BCUT2D eigenvalue weighted by atomic mass is 32.2. The third-order valence-electron chi connectivity index (χ3n) is 6.05. The number of amides is 2. The van der Waals surface area contributed by atoms with E-state index < -0.39 is 10.0 Å². The van der Waals surface area contributed by atoms with Gasteiger partial charge < -0.3 is 19.7 Å². The molecule has 0 bridgehead atoms. The highest BCUT2D eigenvalue weighted by molar-refractivity contribution is 7.89. The van der Waals surface area contributed by atoms with Crippen LogP contribution in [0.1, 0.15) is 24.4 Å². The molecule has 1 aliphatic heterocycles. The lowest BCUT2D eigenvalue weighted by molar-refractivity contribution is 0.167. The molecule has 1 atom stereocenters. The third-order valence-corrected chi connectivity index (χ3v) is 7.97. The molecule has 2 aromatic carbocycles. The minimum absolute atomic E-state index is 0.00786. The number of benzene rings is 2. The molecule has 1 aliphatic carbocycles. The number of carbonyl (C=O) groups excluding carboxylic acids is 1. The maximum atomic E-state index is 13.2. The van der Waals surface area contributed by atoms with Gasteiger partial charge in [-0.15, -0.1) is 0 Å². The highest BCUT2D eigenvalue weighted by Gasteiger charge is 2.36. The van der Waals surface area contributed by atoms with Gasteiger partial charge in [0.05, 0.1) is 20.3 Å². The first-order chi connectivity index (χ1) is 15.4. The molecule has 0 radical (unpaired) electrons. The summed E-state index contributed by atoms with van der Waals surface area (Å²) in [4.78, 5) is 14.7. The largest absolute Gasteiger partial charge is 0.497 e. The SMILES string of the molecule is COc1ccc(OC)c(S(=O)(=O)N2CCN(C(=O)N[C@H](c3ccccc3)C3CC3)CC2)c1. The number of rotatable bonds is 7. The molecular formula is C23H29N3O5S. The number of nitrogens with zero attached hydrogens (tertiary/aromatic N) is 2. The van der Waals surface area contributed by atoms with Crippen LogP contribution in [0.15, 0.2) is 53.4 Å². The second-order valence-corrected chi connectivity index (χ2v) is 9.99. The maximum Gasteiger partial charge on any atom is 0.317 e.